The van der Waals surface area contributed by atoms with Gasteiger partial charge in [0.25, 0.3) is 0 Å². The van der Waals surface area contributed by atoms with Gasteiger partial charge >= 0.3 is 0 Å². The molecule has 0 fully saturated rings. The molecular weight excluding hydrogens is 385 g/mol. The van der Waals surface area contributed by atoms with Gasteiger partial charge in [0.15, 0.2) is 0 Å². The van der Waals surface area contributed by atoms with E-state index in [1.807, 2.05) is 0 Å². The number of hydrogen-bond acceptors (Lipinski definition) is 0. The smallest absolute Gasteiger partial charge is 0.0764 e. The third-order valence-electron chi connectivity index (χ3n) is 7.61. The summed E-state index contributed by atoms with van der Waals surface area (Å²) in [6.07, 6.45) is 1.32. The monoisotopic (exact) mass is 422 g/mol. The summed E-state index contributed by atoms with van der Waals surface area (Å²) in [6.45, 7) is 20.9. The lowest BCUT2D eigenvalue weighted by Gasteiger charge is -2.65. The predicted octanol–water partition coefficient (Wildman–Crippen LogP) is 6.48. The zero-order chi connectivity index (χ0) is 20.8. The highest BCUT2D eigenvalue weighted by Crippen LogP contribution is 2.61. The molecule has 0 saturated carbocycles. The van der Waals surface area contributed by atoms with Crippen LogP contribution in [0, 0.1) is 0 Å². The normalized spacial score (nSPS) is 19.6. The first-order valence-electron chi connectivity index (χ1n) is 10.7. The van der Waals surface area contributed by atoms with Crippen molar-refractivity contribution in [3.63, 3.8) is 0 Å². The van der Waals surface area contributed by atoms with Crippen molar-refractivity contribution in [1.29, 1.82) is 0 Å². The Hall–Kier alpha value is -1.17. The van der Waals surface area contributed by atoms with Gasteiger partial charge in [-0.3, -0.25) is 0 Å². The van der Waals surface area contributed by atoms with Crippen LogP contribution >= 0.6 is 0 Å². The third kappa shape index (κ3) is 3.06. The van der Waals surface area contributed by atoms with Gasteiger partial charge in [0.1, 0.15) is 8.07 Å². The zero-order valence-corrected chi connectivity index (χ0v) is 22.2. The summed E-state index contributed by atoms with van der Waals surface area (Å²) in [7, 11) is -5.08. The number of rotatable bonds is 4. The van der Waals surface area contributed by atoms with Gasteiger partial charge in [-0.15, -0.1) is 0 Å². The highest BCUT2D eigenvalue weighted by atomic mass is 28.5. The van der Waals surface area contributed by atoms with E-state index >= 15 is 0 Å². The first-order valence-corrected chi connectivity index (χ1v) is 19.9. The molecule has 2 aromatic rings. The molecule has 1 heterocycles. The maximum atomic E-state index is 2.67. The predicted molar refractivity (Wildman–Crippen MR) is 135 cm³/mol. The van der Waals surface area contributed by atoms with Crippen molar-refractivity contribution in [2.24, 2.45) is 0 Å². The summed E-state index contributed by atoms with van der Waals surface area (Å²) in [5.41, 5.74) is 3.34. The van der Waals surface area contributed by atoms with Gasteiger partial charge in [-0.1, -0.05) is 121 Å². The average molecular weight is 423 g/mol. The molecule has 1 aliphatic rings. The molecule has 0 spiro atoms. The second kappa shape index (κ2) is 7.26. The maximum absolute atomic E-state index is 2.67. The third-order valence-corrected chi connectivity index (χ3v) is 30.0. The van der Waals surface area contributed by atoms with Crippen molar-refractivity contribution in [2.45, 2.75) is 69.9 Å². The van der Waals surface area contributed by atoms with Crippen molar-refractivity contribution in [1.82, 2.24) is 0 Å². The van der Waals surface area contributed by atoms with Crippen molar-refractivity contribution in [3.8, 4) is 0 Å². The lowest BCUT2D eigenvalue weighted by Crippen LogP contribution is -2.79. The minimum absolute atomic E-state index is 0.485. The van der Waals surface area contributed by atoms with E-state index in [-0.39, 0.29) is 0 Å². The van der Waals surface area contributed by atoms with E-state index < -0.39 is 24.2 Å². The molecule has 3 heteroatoms. The van der Waals surface area contributed by atoms with Gasteiger partial charge in [0.05, 0.1) is 0 Å². The second-order valence-corrected chi connectivity index (χ2v) is 27.3. The molecule has 0 N–H and O–H groups in total. The van der Waals surface area contributed by atoms with Gasteiger partial charge in [-0.05, 0) is 30.6 Å². The molecule has 0 bridgehead atoms. The molecule has 0 saturated heterocycles. The average Bonchev–Trinajstić information content (AvgIpc) is 2.63. The SMILES string of the molecule is CC1=C(C)C[Si](c2ccccc2)(c2ccccc2)C([Si](C)(C)C)([Si](C)(C)C)C1. The Kier molecular flexibility index (Phi) is 5.59. The van der Waals surface area contributed by atoms with Crippen LogP contribution < -0.4 is 10.4 Å². The van der Waals surface area contributed by atoms with Crippen LogP contribution in [0.1, 0.15) is 20.3 Å². The molecule has 0 radical (unpaired) electrons. The summed E-state index contributed by atoms with van der Waals surface area (Å²) in [5, 5.41) is 3.33. The largest absolute Gasteiger partial charge is 0.123 e. The first kappa shape index (κ1) is 21.5. The van der Waals surface area contributed by atoms with Crippen LogP contribution in [0.2, 0.25) is 49.6 Å². The molecule has 1 aliphatic heterocycles. The Labute approximate surface area is 176 Å². The van der Waals surface area contributed by atoms with E-state index in [0.717, 1.165) is 0 Å². The van der Waals surface area contributed by atoms with Crippen LogP contribution in [0.25, 0.3) is 0 Å². The molecule has 0 unspecified atom stereocenters. The minimum atomic E-state index is -2.02. The number of hydrogen-bond donors (Lipinski definition) is 0. The lowest BCUT2D eigenvalue weighted by molar-refractivity contribution is 0.825. The van der Waals surface area contributed by atoms with Crippen molar-refractivity contribution >= 4 is 34.6 Å². The topological polar surface area (TPSA) is 0 Å². The highest BCUT2D eigenvalue weighted by molar-refractivity contribution is 7.24. The molecule has 150 valence electrons. The van der Waals surface area contributed by atoms with Crippen molar-refractivity contribution in [2.75, 3.05) is 0 Å². The molecular formula is C25H38Si3. The van der Waals surface area contributed by atoms with Gasteiger partial charge in [-0.25, -0.2) is 0 Å². The van der Waals surface area contributed by atoms with Crippen molar-refractivity contribution in [3.05, 3.63) is 71.8 Å². The van der Waals surface area contributed by atoms with E-state index in [1.54, 1.807) is 21.5 Å². The number of benzene rings is 2. The van der Waals surface area contributed by atoms with Crippen LogP contribution in [0.5, 0.6) is 0 Å². The fourth-order valence-electron chi connectivity index (χ4n) is 6.64. The summed E-state index contributed by atoms with van der Waals surface area (Å²) >= 11 is 0. The van der Waals surface area contributed by atoms with Gasteiger partial charge in [0, 0.05) is 16.1 Å². The first-order chi connectivity index (χ1) is 13.0. The number of allylic oxidation sites excluding steroid dienone is 2. The van der Waals surface area contributed by atoms with Crippen molar-refractivity contribution < 1.29 is 0 Å². The van der Waals surface area contributed by atoms with Crippen LogP contribution in [0.15, 0.2) is 71.8 Å². The summed E-state index contributed by atoms with van der Waals surface area (Å²) in [4.78, 5) is 0. The minimum Gasteiger partial charge on any atom is -0.0764 e. The Morgan fingerprint density at radius 3 is 1.39 bits per heavy atom. The molecule has 0 aliphatic carbocycles. The fraction of sp³-hybridized carbons (Fsp3) is 0.440. The molecule has 0 nitrogen and oxygen atoms in total. The summed E-state index contributed by atoms with van der Waals surface area (Å²) in [5.74, 6) is 0. The Balaban J connectivity index is 2.54. The fourth-order valence-corrected chi connectivity index (χ4v) is 35.0. The lowest BCUT2D eigenvalue weighted by atomic mass is 10.1. The van der Waals surface area contributed by atoms with Crippen LogP contribution in [0.3, 0.4) is 0 Å². The van der Waals surface area contributed by atoms with E-state index in [4.69, 9.17) is 0 Å². The molecule has 28 heavy (non-hydrogen) atoms. The molecule has 0 amide bonds. The summed E-state index contributed by atoms with van der Waals surface area (Å²) in [6, 6.07) is 24.7. The van der Waals surface area contributed by atoms with E-state index in [9.17, 15) is 0 Å². The molecule has 3 rings (SSSR count). The standard InChI is InChI=1S/C25H38Si3/c1-21-19-25(26(3,4)5,27(6,7)8)28(20-22(21)2,23-15-11-9-12-16-23)24-17-13-10-14-18-24/h9-18H,19-20H2,1-8H3. The van der Waals surface area contributed by atoms with Crippen LogP contribution in [-0.2, 0) is 0 Å². The molecule has 2 aromatic carbocycles. The van der Waals surface area contributed by atoms with E-state index in [1.165, 1.54) is 12.5 Å². The highest BCUT2D eigenvalue weighted by Gasteiger charge is 2.67. The quantitative estimate of drug-likeness (QED) is 0.390. The Bertz CT molecular complexity index is 799. The van der Waals surface area contributed by atoms with Crippen LogP contribution in [-0.4, -0.2) is 24.2 Å². The molecule has 0 atom stereocenters. The van der Waals surface area contributed by atoms with Crippen LogP contribution in [0.4, 0.5) is 0 Å². The van der Waals surface area contributed by atoms with Gasteiger partial charge < -0.3 is 0 Å². The summed E-state index contributed by atoms with van der Waals surface area (Å²) < 4.78 is 0.485. The zero-order valence-electron chi connectivity index (χ0n) is 19.2. The Morgan fingerprint density at radius 2 is 1.04 bits per heavy atom. The second-order valence-electron chi connectivity index (χ2n) is 11.0. The van der Waals surface area contributed by atoms with E-state index in [0.29, 0.717) is 4.28 Å². The Morgan fingerprint density at radius 1 is 0.643 bits per heavy atom. The van der Waals surface area contributed by atoms with Gasteiger partial charge in [0.2, 0.25) is 0 Å². The van der Waals surface area contributed by atoms with E-state index in [2.05, 4.69) is 114 Å². The van der Waals surface area contributed by atoms with Gasteiger partial charge in [-0.2, -0.15) is 0 Å². The molecule has 0 aromatic heterocycles. The maximum Gasteiger partial charge on any atom is 0.123 e.